The average molecular weight is 320 g/mol. The van der Waals surface area contributed by atoms with Crippen LogP contribution in [0, 0.1) is 0 Å². The van der Waals surface area contributed by atoms with Crippen molar-refractivity contribution < 1.29 is 23.1 Å². The molecule has 0 aromatic carbocycles. The summed E-state index contributed by atoms with van der Waals surface area (Å²) in [5.74, 6) is -1.83. The van der Waals surface area contributed by atoms with Crippen LogP contribution in [0.5, 0.6) is 0 Å². The Hall–Kier alpha value is -1.71. The molecule has 8 nitrogen and oxygen atoms in total. The quantitative estimate of drug-likeness (QED) is 0.743. The Morgan fingerprint density at radius 2 is 2.20 bits per heavy atom. The van der Waals surface area contributed by atoms with Crippen LogP contribution in [0.4, 0.5) is 5.69 Å². The number of pyridine rings is 1. The van der Waals surface area contributed by atoms with Gasteiger partial charge in [-0.15, -0.1) is 0 Å². The number of amides is 1. The molecule has 1 amide bonds. The molecule has 0 bridgehead atoms. The number of sulfonamides is 1. The number of nitrogens with two attached hydrogens (primary N) is 1. The summed E-state index contributed by atoms with van der Waals surface area (Å²) in [5, 5.41) is 13.0. The van der Waals surface area contributed by atoms with E-state index in [1.165, 1.54) is 0 Å². The molecule has 1 aliphatic heterocycles. The summed E-state index contributed by atoms with van der Waals surface area (Å²) in [7, 11) is -3.87. The van der Waals surface area contributed by atoms with E-state index in [9.17, 15) is 18.0 Å². The van der Waals surface area contributed by atoms with Gasteiger partial charge in [0.25, 0.3) is 0 Å². The molecule has 0 radical (unpaired) electrons. The zero-order valence-corrected chi connectivity index (χ0v) is 11.6. The van der Waals surface area contributed by atoms with Crippen molar-refractivity contribution in [2.75, 3.05) is 11.4 Å². The van der Waals surface area contributed by atoms with E-state index in [0.717, 1.165) is 17.2 Å². The maximum absolute atomic E-state index is 11.8. The molecule has 1 aromatic heterocycles. The Morgan fingerprint density at radius 3 is 2.70 bits per heavy atom. The number of carboxylic acids is 1. The number of nitrogens with zero attached hydrogens (tertiary/aromatic N) is 2. The lowest BCUT2D eigenvalue weighted by Gasteiger charge is -2.18. The van der Waals surface area contributed by atoms with Crippen LogP contribution in [0.3, 0.4) is 0 Å². The van der Waals surface area contributed by atoms with Gasteiger partial charge < -0.3 is 10.0 Å². The minimum absolute atomic E-state index is 0.00181. The first kappa shape index (κ1) is 14.7. The number of carbonyl (C=O) groups is 2. The molecular formula is C10H10ClN3O5S. The summed E-state index contributed by atoms with van der Waals surface area (Å²) in [6.45, 7) is -0.207. The molecule has 0 spiro atoms. The van der Waals surface area contributed by atoms with Crippen LogP contribution >= 0.6 is 11.6 Å². The minimum Gasteiger partial charge on any atom is -0.478 e. The highest BCUT2D eigenvalue weighted by Gasteiger charge is 2.38. The van der Waals surface area contributed by atoms with E-state index in [1.54, 1.807) is 0 Å². The summed E-state index contributed by atoms with van der Waals surface area (Å²) in [6.07, 6.45) is 0.829. The molecule has 20 heavy (non-hydrogen) atoms. The van der Waals surface area contributed by atoms with Gasteiger partial charge >= 0.3 is 5.97 Å². The third-order valence-corrected chi connectivity index (χ3v) is 4.38. The van der Waals surface area contributed by atoms with Gasteiger partial charge in [-0.05, 0) is 6.07 Å². The molecule has 108 valence electrons. The summed E-state index contributed by atoms with van der Waals surface area (Å²) >= 11 is 5.61. The van der Waals surface area contributed by atoms with E-state index >= 15 is 0 Å². The number of rotatable bonds is 3. The standard InChI is InChI=1S/C10H10ClN3O5S/c11-8-2-6(10(16)17)7(3-13-8)14-4-5(1-9(14)15)20(12,18)19/h2-3,5H,1,4H2,(H,16,17)(H2,12,18,19). The lowest BCUT2D eigenvalue weighted by Crippen LogP contribution is -2.32. The van der Waals surface area contributed by atoms with Crippen molar-refractivity contribution in [3.63, 3.8) is 0 Å². The van der Waals surface area contributed by atoms with Gasteiger partial charge in [0.15, 0.2) is 0 Å². The van der Waals surface area contributed by atoms with E-state index < -0.39 is 27.1 Å². The maximum Gasteiger partial charge on any atom is 0.337 e. The van der Waals surface area contributed by atoms with E-state index in [1.807, 2.05) is 0 Å². The monoisotopic (exact) mass is 319 g/mol. The van der Waals surface area contributed by atoms with E-state index in [0.29, 0.717) is 0 Å². The maximum atomic E-state index is 11.8. The van der Waals surface area contributed by atoms with Crippen LogP contribution in [0.25, 0.3) is 0 Å². The SMILES string of the molecule is NS(=O)(=O)C1CC(=O)N(c2cnc(Cl)cc2C(=O)O)C1. The number of primary sulfonamides is 1. The fourth-order valence-electron chi connectivity index (χ4n) is 1.94. The van der Waals surface area contributed by atoms with Gasteiger partial charge in [-0.2, -0.15) is 0 Å². The highest BCUT2D eigenvalue weighted by molar-refractivity contribution is 7.89. The molecule has 1 unspecified atom stereocenters. The van der Waals surface area contributed by atoms with Gasteiger partial charge in [0.1, 0.15) is 10.4 Å². The van der Waals surface area contributed by atoms with Gasteiger partial charge in [-0.3, -0.25) is 4.79 Å². The largest absolute Gasteiger partial charge is 0.478 e. The van der Waals surface area contributed by atoms with Crippen molar-refractivity contribution in [2.24, 2.45) is 5.14 Å². The Balaban J connectivity index is 2.43. The third kappa shape index (κ3) is 2.74. The first-order valence-corrected chi connectivity index (χ1v) is 7.39. The summed E-state index contributed by atoms with van der Waals surface area (Å²) in [6, 6.07) is 1.09. The Bertz CT molecular complexity index is 690. The predicted octanol–water partition coefficient (Wildman–Crippen LogP) is -0.173. The molecule has 2 rings (SSSR count). The number of hydrogen-bond acceptors (Lipinski definition) is 5. The van der Waals surface area contributed by atoms with Crippen molar-refractivity contribution in [3.8, 4) is 0 Å². The Kier molecular flexibility index (Phi) is 3.67. The molecule has 0 saturated carbocycles. The number of hydrogen-bond donors (Lipinski definition) is 2. The molecule has 3 N–H and O–H groups in total. The molecule has 2 heterocycles. The Labute approximate surface area is 119 Å². The van der Waals surface area contributed by atoms with Gasteiger partial charge in [0, 0.05) is 13.0 Å². The zero-order valence-electron chi connectivity index (χ0n) is 9.98. The van der Waals surface area contributed by atoms with Crippen molar-refractivity contribution in [1.82, 2.24) is 4.98 Å². The second-order valence-electron chi connectivity index (χ2n) is 4.25. The average Bonchev–Trinajstić information content (AvgIpc) is 2.71. The van der Waals surface area contributed by atoms with E-state index in [4.69, 9.17) is 21.8 Å². The van der Waals surface area contributed by atoms with Crippen LogP contribution in [-0.2, 0) is 14.8 Å². The van der Waals surface area contributed by atoms with Crippen LogP contribution in [0.2, 0.25) is 5.15 Å². The number of carbonyl (C=O) groups excluding carboxylic acids is 1. The molecule has 1 aromatic rings. The fraction of sp³-hybridized carbons (Fsp3) is 0.300. The first-order chi connectivity index (χ1) is 9.20. The highest BCUT2D eigenvalue weighted by atomic mass is 35.5. The fourth-order valence-corrected chi connectivity index (χ4v) is 2.83. The molecule has 1 saturated heterocycles. The molecular weight excluding hydrogens is 310 g/mol. The predicted molar refractivity (Wildman–Crippen MR) is 70.1 cm³/mol. The third-order valence-electron chi connectivity index (χ3n) is 2.92. The summed E-state index contributed by atoms with van der Waals surface area (Å²) < 4.78 is 22.5. The number of halogens is 1. The second kappa shape index (κ2) is 5.00. The summed E-state index contributed by atoms with van der Waals surface area (Å²) in [5.41, 5.74) is -0.230. The topological polar surface area (TPSA) is 131 Å². The van der Waals surface area contributed by atoms with Gasteiger partial charge in [0.2, 0.25) is 15.9 Å². The van der Waals surface area contributed by atoms with E-state index in [-0.39, 0.29) is 29.4 Å². The van der Waals surface area contributed by atoms with Gasteiger partial charge in [0.05, 0.1) is 17.4 Å². The first-order valence-electron chi connectivity index (χ1n) is 5.41. The van der Waals surface area contributed by atoms with Crippen molar-refractivity contribution >= 4 is 39.2 Å². The molecule has 0 aliphatic carbocycles. The molecule has 10 heteroatoms. The smallest absolute Gasteiger partial charge is 0.337 e. The van der Waals surface area contributed by atoms with Gasteiger partial charge in [-0.1, -0.05) is 11.6 Å². The van der Waals surface area contributed by atoms with Crippen molar-refractivity contribution in [1.29, 1.82) is 0 Å². The highest BCUT2D eigenvalue weighted by Crippen LogP contribution is 2.28. The van der Waals surface area contributed by atoms with Crippen molar-refractivity contribution in [2.45, 2.75) is 11.7 Å². The van der Waals surface area contributed by atoms with Crippen molar-refractivity contribution in [3.05, 3.63) is 23.0 Å². The molecule has 1 aliphatic rings. The minimum atomic E-state index is -3.87. The van der Waals surface area contributed by atoms with Crippen LogP contribution in [-0.4, -0.2) is 42.2 Å². The Morgan fingerprint density at radius 1 is 1.55 bits per heavy atom. The van der Waals surface area contributed by atoms with Gasteiger partial charge in [-0.25, -0.2) is 23.3 Å². The van der Waals surface area contributed by atoms with Crippen LogP contribution < -0.4 is 10.0 Å². The summed E-state index contributed by atoms with van der Waals surface area (Å²) in [4.78, 5) is 27.8. The normalized spacial score (nSPS) is 19.4. The van der Waals surface area contributed by atoms with Crippen LogP contribution in [0.1, 0.15) is 16.8 Å². The number of aromatic carboxylic acids is 1. The molecule has 1 fully saturated rings. The number of aromatic nitrogens is 1. The number of anilines is 1. The molecule has 1 atom stereocenters. The lowest BCUT2D eigenvalue weighted by molar-refractivity contribution is -0.117. The second-order valence-corrected chi connectivity index (χ2v) is 6.48. The van der Waals surface area contributed by atoms with Crippen LogP contribution in [0.15, 0.2) is 12.3 Å². The number of carboxylic acid groups (broad SMARTS) is 1. The zero-order chi connectivity index (χ0) is 15.1. The van der Waals surface area contributed by atoms with E-state index in [2.05, 4.69) is 4.98 Å². The lowest BCUT2D eigenvalue weighted by atomic mass is 10.2.